The van der Waals surface area contributed by atoms with Crippen molar-refractivity contribution < 1.29 is 8.78 Å². The van der Waals surface area contributed by atoms with Gasteiger partial charge in [-0.1, -0.05) is 6.92 Å². The van der Waals surface area contributed by atoms with E-state index in [-0.39, 0.29) is 6.54 Å². The molecule has 86 valence electrons. The largest absolute Gasteiger partial charge is 0.286 e. The van der Waals surface area contributed by atoms with E-state index in [1.54, 1.807) is 0 Å². The van der Waals surface area contributed by atoms with E-state index in [4.69, 9.17) is 5.26 Å². The van der Waals surface area contributed by atoms with Crippen molar-refractivity contribution in [2.45, 2.75) is 19.9 Å². The summed E-state index contributed by atoms with van der Waals surface area (Å²) in [5.74, 6) is -1.16. The summed E-state index contributed by atoms with van der Waals surface area (Å²) in [4.78, 5) is 1.86. The van der Waals surface area contributed by atoms with Gasteiger partial charge in [0.2, 0.25) is 0 Å². The molecule has 4 heteroatoms. The number of nitriles is 1. The lowest BCUT2D eigenvalue weighted by Crippen LogP contribution is -2.24. The summed E-state index contributed by atoms with van der Waals surface area (Å²) >= 11 is 0. The van der Waals surface area contributed by atoms with Gasteiger partial charge in [0.05, 0.1) is 12.6 Å². The Bertz CT molecular complexity index is 365. The lowest BCUT2D eigenvalue weighted by molar-refractivity contribution is 0.297. The molecular formula is C12H14F2N2. The summed E-state index contributed by atoms with van der Waals surface area (Å²) in [5.41, 5.74) is 0.557. The smallest absolute Gasteiger partial charge is 0.126 e. The molecule has 0 aliphatic heterocycles. The second kappa shape index (κ2) is 6.19. The number of hydrogen-bond donors (Lipinski definition) is 0. The van der Waals surface area contributed by atoms with Crippen LogP contribution < -0.4 is 0 Å². The molecule has 0 atom stereocenters. The predicted octanol–water partition coefficient (Wildman–Crippen LogP) is 2.70. The van der Waals surface area contributed by atoms with Crippen LogP contribution in [0.25, 0.3) is 0 Å². The highest BCUT2D eigenvalue weighted by atomic mass is 19.1. The number of rotatable bonds is 5. The first-order chi connectivity index (χ1) is 7.65. The van der Waals surface area contributed by atoms with E-state index in [0.717, 1.165) is 19.0 Å². The molecule has 0 saturated heterocycles. The minimum Gasteiger partial charge on any atom is -0.286 e. The van der Waals surface area contributed by atoms with Gasteiger partial charge in [0.25, 0.3) is 0 Å². The minimum absolute atomic E-state index is 0.270. The summed E-state index contributed by atoms with van der Waals surface area (Å²) in [5, 5.41) is 8.61. The Balaban J connectivity index is 2.73. The van der Waals surface area contributed by atoms with Gasteiger partial charge in [-0.3, -0.25) is 4.90 Å². The first-order valence-electron chi connectivity index (χ1n) is 5.20. The van der Waals surface area contributed by atoms with E-state index in [1.807, 2.05) is 17.9 Å². The topological polar surface area (TPSA) is 27.0 Å². The second-order valence-electron chi connectivity index (χ2n) is 3.65. The van der Waals surface area contributed by atoms with Crippen LogP contribution in [0.15, 0.2) is 18.2 Å². The van der Waals surface area contributed by atoms with Crippen molar-refractivity contribution in [1.82, 2.24) is 4.90 Å². The minimum atomic E-state index is -0.580. The molecule has 0 saturated carbocycles. The Kier molecular flexibility index (Phi) is 4.87. The third-order valence-electron chi connectivity index (χ3n) is 2.16. The van der Waals surface area contributed by atoms with Crippen molar-refractivity contribution in [1.29, 1.82) is 5.26 Å². The first-order valence-corrected chi connectivity index (χ1v) is 5.20. The quantitative estimate of drug-likeness (QED) is 0.719. The lowest BCUT2D eigenvalue weighted by Gasteiger charge is -2.18. The summed E-state index contributed by atoms with van der Waals surface area (Å²) in [6.45, 7) is 3.41. The van der Waals surface area contributed by atoms with E-state index in [2.05, 4.69) is 0 Å². The predicted molar refractivity (Wildman–Crippen MR) is 57.5 cm³/mol. The lowest BCUT2D eigenvalue weighted by atomic mass is 10.2. The summed E-state index contributed by atoms with van der Waals surface area (Å²) < 4.78 is 25.9. The molecule has 1 aromatic rings. The van der Waals surface area contributed by atoms with Crippen molar-refractivity contribution in [3.05, 3.63) is 35.4 Å². The zero-order chi connectivity index (χ0) is 12.0. The molecule has 2 nitrogen and oxygen atoms in total. The number of nitrogens with zero attached hydrogens (tertiary/aromatic N) is 2. The maximum absolute atomic E-state index is 12.9. The molecule has 0 N–H and O–H groups in total. The highest BCUT2D eigenvalue weighted by molar-refractivity contribution is 5.17. The van der Waals surface area contributed by atoms with Crippen molar-refractivity contribution in [3.63, 3.8) is 0 Å². The van der Waals surface area contributed by atoms with Crippen molar-refractivity contribution in [2.24, 2.45) is 0 Å². The highest BCUT2D eigenvalue weighted by Gasteiger charge is 2.06. The molecule has 0 fully saturated rings. The van der Waals surface area contributed by atoms with E-state index in [1.165, 1.54) is 12.1 Å². The molecule has 1 rings (SSSR count). The average Bonchev–Trinajstić information content (AvgIpc) is 2.16. The van der Waals surface area contributed by atoms with Crippen molar-refractivity contribution in [2.75, 3.05) is 13.1 Å². The van der Waals surface area contributed by atoms with E-state index >= 15 is 0 Å². The van der Waals surface area contributed by atoms with Gasteiger partial charge in [-0.05, 0) is 30.7 Å². The molecule has 0 amide bonds. The summed E-state index contributed by atoms with van der Waals surface area (Å²) in [6, 6.07) is 5.48. The fourth-order valence-corrected chi connectivity index (χ4v) is 1.59. The average molecular weight is 224 g/mol. The summed E-state index contributed by atoms with van der Waals surface area (Å²) in [6.07, 6.45) is 0.902. The van der Waals surface area contributed by atoms with Crippen LogP contribution >= 0.6 is 0 Å². The molecule has 0 aromatic heterocycles. The number of benzene rings is 1. The van der Waals surface area contributed by atoms with Gasteiger partial charge in [-0.25, -0.2) is 8.78 Å². The standard InChI is InChI=1S/C12H14F2N2/c1-2-4-16(5-3-15)9-10-6-11(13)8-12(14)7-10/h6-8H,2,4-5,9H2,1H3. The van der Waals surface area contributed by atoms with Crippen LogP contribution in [0.4, 0.5) is 8.78 Å². The van der Waals surface area contributed by atoms with Crippen molar-refractivity contribution in [3.8, 4) is 6.07 Å². The molecule has 1 aromatic carbocycles. The molecule has 0 aliphatic rings. The van der Waals surface area contributed by atoms with Gasteiger partial charge in [-0.2, -0.15) is 5.26 Å². The Hall–Kier alpha value is -1.47. The Morgan fingerprint density at radius 2 is 1.88 bits per heavy atom. The van der Waals surface area contributed by atoms with E-state index in [9.17, 15) is 8.78 Å². The fourth-order valence-electron chi connectivity index (χ4n) is 1.59. The van der Waals surface area contributed by atoms with Gasteiger partial charge in [-0.15, -0.1) is 0 Å². The number of halogens is 2. The van der Waals surface area contributed by atoms with Crippen LogP contribution in [0.1, 0.15) is 18.9 Å². The highest BCUT2D eigenvalue weighted by Crippen LogP contribution is 2.10. The molecule has 0 unspecified atom stereocenters. The Morgan fingerprint density at radius 3 is 2.38 bits per heavy atom. The van der Waals surface area contributed by atoms with E-state index in [0.29, 0.717) is 12.1 Å². The third kappa shape index (κ3) is 3.95. The maximum atomic E-state index is 12.9. The third-order valence-corrected chi connectivity index (χ3v) is 2.16. The monoisotopic (exact) mass is 224 g/mol. The molecule has 0 heterocycles. The van der Waals surface area contributed by atoms with Crippen LogP contribution in [0.3, 0.4) is 0 Å². The van der Waals surface area contributed by atoms with Gasteiger partial charge in [0, 0.05) is 12.6 Å². The molecular weight excluding hydrogens is 210 g/mol. The maximum Gasteiger partial charge on any atom is 0.126 e. The van der Waals surface area contributed by atoms with Gasteiger partial charge in [0.15, 0.2) is 0 Å². The molecule has 0 spiro atoms. The zero-order valence-electron chi connectivity index (χ0n) is 9.21. The van der Waals surface area contributed by atoms with E-state index < -0.39 is 11.6 Å². The van der Waals surface area contributed by atoms with Crippen LogP contribution in [0.2, 0.25) is 0 Å². The summed E-state index contributed by atoms with van der Waals surface area (Å²) in [7, 11) is 0. The Morgan fingerprint density at radius 1 is 1.25 bits per heavy atom. The van der Waals surface area contributed by atoms with Gasteiger partial charge >= 0.3 is 0 Å². The number of hydrogen-bond acceptors (Lipinski definition) is 2. The second-order valence-corrected chi connectivity index (χ2v) is 3.65. The molecule has 0 radical (unpaired) electrons. The SMILES string of the molecule is CCCN(CC#N)Cc1cc(F)cc(F)c1. The molecule has 0 aliphatic carbocycles. The molecule has 16 heavy (non-hydrogen) atoms. The first kappa shape index (κ1) is 12.6. The van der Waals surface area contributed by atoms with Crippen LogP contribution in [-0.4, -0.2) is 18.0 Å². The fraction of sp³-hybridized carbons (Fsp3) is 0.417. The molecule has 0 bridgehead atoms. The zero-order valence-corrected chi connectivity index (χ0v) is 9.21. The van der Waals surface area contributed by atoms with Crippen LogP contribution in [0, 0.1) is 23.0 Å². The van der Waals surface area contributed by atoms with Crippen molar-refractivity contribution >= 4 is 0 Å². The van der Waals surface area contributed by atoms with Crippen LogP contribution in [-0.2, 0) is 6.54 Å². The van der Waals surface area contributed by atoms with Gasteiger partial charge < -0.3 is 0 Å². The normalized spacial score (nSPS) is 10.4. The Labute approximate surface area is 94.1 Å². The van der Waals surface area contributed by atoms with Gasteiger partial charge in [0.1, 0.15) is 11.6 Å². The van der Waals surface area contributed by atoms with Crippen LogP contribution in [0.5, 0.6) is 0 Å².